The number of amides is 2. The molecule has 5 aliphatic heterocycles. The van der Waals surface area contributed by atoms with Crippen LogP contribution in [0, 0.1) is 17.0 Å². The third-order valence-electron chi connectivity index (χ3n) is 10.9. The minimum atomic E-state index is -1.66. The molecule has 2 atom stereocenters. The molecule has 9 rings (SSSR count). The topological polar surface area (TPSA) is 148 Å². The van der Waals surface area contributed by atoms with Crippen molar-refractivity contribution in [3.8, 4) is 11.5 Å². The Hall–Kier alpha value is -4.24. The molecule has 0 aliphatic carbocycles. The first kappa shape index (κ1) is 51.6. The van der Waals surface area contributed by atoms with Crippen LogP contribution in [0.5, 0.6) is 11.5 Å². The quantitative estimate of drug-likeness (QED) is 0.0545. The number of carbonyl (C=O) groups excluding carboxylic acids is 2. The average Bonchev–Trinajstić information content (AvgIpc) is 3.93. The van der Waals surface area contributed by atoms with Gasteiger partial charge >= 0.3 is 12.2 Å². The van der Waals surface area contributed by atoms with E-state index in [0.717, 1.165) is 17.9 Å². The highest BCUT2D eigenvalue weighted by Gasteiger charge is 2.46. The molecule has 5 fully saturated rings. The summed E-state index contributed by atoms with van der Waals surface area (Å²) in [5, 5.41) is 12.1. The Morgan fingerprint density at radius 3 is 1.53 bits per heavy atom. The zero-order valence-electron chi connectivity index (χ0n) is 37.0. The molecule has 0 bridgehead atoms. The fourth-order valence-corrected chi connectivity index (χ4v) is 49.8. The lowest BCUT2D eigenvalue weighted by Gasteiger charge is -2.40. The van der Waals surface area contributed by atoms with Crippen LogP contribution in [0.3, 0.4) is 0 Å². The van der Waals surface area contributed by atoms with Crippen LogP contribution < -0.4 is 45.0 Å². The summed E-state index contributed by atoms with van der Waals surface area (Å²) in [5.41, 5.74) is 3.36. The van der Waals surface area contributed by atoms with Crippen molar-refractivity contribution in [3.63, 3.8) is 0 Å². The van der Waals surface area contributed by atoms with E-state index in [1.165, 1.54) is 38.0 Å². The molecule has 364 valence electrons. The summed E-state index contributed by atoms with van der Waals surface area (Å²) in [6.07, 6.45) is -0.982. The molecule has 68 heavy (non-hydrogen) atoms. The van der Waals surface area contributed by atoms with Crippen molar-refractivity contribution >= 4 is 124 Å². The summed E-state index contributed by atoms with van der Waals surface area (Å²) >= 11 is 20.2. The number of ether oxygens (including phenoxy) is 7. The summed E-state index contributed by atoms with van der Waals surface area (Å²) < 4.78 is 61.6. The second-order valence-electron chi connectivity index (χ2n) is 15.2. The number of hydrogen-bond donors (Lipinski definition) is 2. The third kappa shape index (κ3) is 12.7. The summed E-state index contributed by atoms with van der Waals surface area (Å²) in [5.74, 6) is 0.986. The van der Waals surface area contributed by atoms with Gasteiger partial charge in [-0.1, -0.05) is 57.8 Å². The van der Waals surface area contributed by atoms with Crippen molar-refractivity contribution in [2.45, 2.75) is 12.2 Å². The predicted molar refractivity (Wildman–Crippen MR) is 279 cm³/mol. The van der Waals surface area contributed by atoms with Gasteiger partial charge in [0.25, 0.3) is 0 Å². The van der Waals surface area contributed by atoms with Gasteiger partial charge in [-0.05, 0) is 84.9 Å². The molecule has 0 radical (unpaired) electrons. The summed E-state index contributed by atoms with van der Waals surface area (Å²) in [4.78, 5) is 30.5. The first-order valence-electron chi connectivity index (χ1n) is 21.3. The first-order valence-corrected chi connectivity index (χ1v) is 31.4. The van der Waals surface area contributed by atoms with Crippen LogP contribution in [-0.4, -0.2) is 129 Å². The molecule has 2 amide bonds. The maximum absolute atomic E-state index is 14.4. The lowest BCUT2D eigenvalue weighted by Crippen LogP contribution is -2.36. The number of rotatable bonds is 14. The van der Waals surface area contributed by atoms with Crippen molar-refractivity contribution in [2.75, 3.05) is 113 Å². The molecule has 4 aromatic carbocycles. The van der Waals surface area contributed by atoms with Gasteiger partial charge in [-0.15, -0.1) is 0 Å². The molecule has 5 heterocycles. The van der Waals surface area contributed by atoms with E-state index in [-0.39, 0.29) is 30.9 Å². The molecule has 0 aromatic heterocycles. The third-order valence-corrected chi connectivity index (χ3v) is 42.3. The number of morpholine rings is 2. The van der Waals surface area contributed by atoms with Crippen LogP contribution in [0.4, 0.5) is 41.1 Å². The Morgan fingerprint density at radius 2 is 1.13 bits per heavy atom. The Bertz CT molecular complexity index is 2330. The molecule has 15 nitrogen and oxygen atoms in total. The average molecular weight is 1070 g/mol. The number of thiocarbonyl (C=S) groups is 1. The minimum Gasteiger partial charge on any atom is -0.497 e. The van der Waals surface area contributed by atoms with E-state index in [1.807, 2.05) is 56.1 Å². The number of halogens is 2. The highest BCUT2D eigenvalue weighted by molar-refractivity contribution is 9.48. The SMILES string of the molecule is COc1ccc(P2(=S)SP(=S)(c3ccc(OC)cc3)S2)cc1.N=COC[C@H]1CN(c2ccc(N3CCOCC3)c(F)c2)C(=O)O1.O=C1O[C@@H](CNC=S)CN1c1ccc(N2CCOCC2)c(F)c1. The number of hydrogen-bond acceptors (Lipinski definition) is 17. The lowest BCUT2D eigenvalue weighted by atomic mass is 10.2. The largest absolute Gasteiger partial charge is 0.497 e. The van der Waals surface area contributed by atoms with Gasteiger partial charge in [0.15, 0.2) is 12.5 Å². The number of methoxy groups -OCH3 is 2. The number of benzene rings is 4. The van der Waals surface area contributed by atoms with E-state index in [4.69, 9.17) is 62.2 Å². The predicted octanol–water partition coefficient (Wildman–Crippen LogP) is 7.90. The minimum absolute atomic E-state index is 0.111. The fourth-order valence-electron chi connectivity index (χ4n) is 7.45. The maximum atomic E-state index is 14.4. The summed E-state index contributed by atoms with van der Waals surface area (Å²) in [7, 11) is 3.34. The van der Waals surface area contributed by atoms with E-state index >= 15 is 0 Å². The number of cyclic esters (lactones) is 2. The number of anilines is 4. The zero-order valence-corrected chi connectivity index (χ0v) is 42.9. The monoisotopic (exact) mass is 1070 g/mol. The second kappa shape index (κ2) is 24.1. The van der Waals surface area contributed by atoms with Crippen molar-refractivity contribution in [2.24, 2.45) is 0 Å². The number of nitrogens with one attached hydrogen (secondary N) is 2. The molecular formula is C44H50F2N6O9P2S5. The van der Waals surface area contributed by atoms with Gasteiger partial charge in [-0.3, -0.25) is 15.2 Å². The molecule has 0 spiro atoms. The fraction of sp³-hybridized carbons (Fsp3) is 0.364. The van der Waals surface area contributed by atoms with E-state index in [1.54, 1.807) is 38.5 Å². The van der Waals surface area contributed by atoms with E-state index in [0.29, 0.717) is 88.4 Å². The molecule has 2 N–H and O–H groups in total. The Labute approximate surface area is 416 Å². The molecule has 0 saturated carbocycles. The van der Waals surface area contributed by atoms with Crippen LogP contribution in [0.15, 0.2) is 84.9 Å². The Morgan fingerprint density at radius 1 is 0.706 bits per heavy atom. The number of nitrogens with zero attached hydrogens (tertiary/aromatic N) is 4. The maximum Gasteiger partial charge on any atom is 0.414 e. The molecule has 4 aromatic rings. The van der Waals surface area contributed by atoms with Gasteiger partial charge in [0.05, 0.1) is 97.4 Å². The molecular weight excluding hydrogens is 1020 g/mol. The normalized spacial score (nSPS) is 23.1. The molecule has 5 saturated heterocycles. The van der Waals surface area contributed by atoms with E-state index < -0.39 is 27.2 Å². The van der Waals surface area contributed by atoms with Crippen LogP contribution in [-0.2, 0) is 47.3 Å². The highest BCUT2D eigenvalue weighted by Crippen LogP contribution is 3.04. The molecule has 0 unspecified atom stereocenters. The zero-order chi connectivity index (χ0) is 48.3. The standard InChI is InChI=1S/C15H18FN3O4.C15H18FN3O3S.C14H14O2P2S4/c16-13-7-11(1-2-14(13)18-3-5-21-6-4-18)19-8-12(9-22-10-17)23-15(19)20;16-13-7-11(1-2-14(13)18-3-5-21-6-4-18)19-9-12(8-17-10-23)22-15(19)20;1-15-11-3-7-13(8-4-11)17(19)21-18(20,22-17)14-9-5-12(16-2)6-10-14/h1-2,7,10,12,17H,3-6,8-9H2;1-2,7,10,12H,3-6,8-9H2,(H,17,23);3-10H,1-2H3/t2*12-;/m10./s1. The first-order chi connectivity index (χ1) is 32.9. The highest BCUT2D eigenvalue weighted by atomic mass is 33.7. The van der Waals surface area contributed by atoms with Gasteiger partial charge in [0.1, 0.15) is 35.8 Å². The smallest absolute Gasteiger partial charge is 0.414 e. The van der Waals surface area contributed by atoms with E-state index in [2.05, 4.69) is 41.8 Å². The van der Waals surface area contributed by atoms with Gasteiger partial charge in [0.2, 0.25) is 0 Å². The molecule has 5 aliphatic rings. The van der Waals surface area contributed by atoms with Crippen LogP contribution in [0.1, 0.15) is 0 Å². The van der Waals surface area contributed by atoms with Crippen LogP contribution >= 0.6 is 43.1 Å². The van der Waals surface area contributed by atoms with Gasteiger partial charge in [-0.25, -0.2) is 18.4 Å². The van der Waals surface area contributed by atoms with Crippen LogP contribution in [0.2, 0.25) is 0 Å². The summed E-state index contributed by atoms with van der Waals surface area (Å²) in [6, 6.07) is 25.7. The van der Waals surface area contributed by atoms with Crippen LogP contribution in [0.25, 0.3) is 0 Å². The van der Waals surface area contributed by atoms with Gasteiger partial charge in [0, 0.05) is 36.8 Å². The Balaban J connectivity index is 0.000000151. The second-order valence-corrected chi connectivity index (χ2v) is 36.8. The Kier molecular flexibility index (Phi) is 18.3. The van der Waals surface area contributed by atoms with Crippen molar-refractivity contribution in [1.29, 1.82) is 5.41 Å². The van der Waals surface area contributed by atoms with Gasteiger partial charge in [-0.2, -0.15) is 0 Å². The number of carbonyl (C=O) groups is 2. The molecule has 24 heteroatoms. The summed E-state index contributed by atoms with van der Waals surface area (Å²) in [6.45, 7) is 6.14. The lowest BCUT2D eigenvalue weighted by molar-refractivity contribution is 0.103. The van der Waals surface area contributed by atoms with Crippen molar-refractivity contribution in [3.05, 3.63) is 96.6 Å². The van der Waals surface area contributed by atoms with Crippen molar-refractivity contribution < 1.29 is 51.5 Å². The van der Waals surface area contributed by atoms with Crippen molar-refractivity contribution in [1.82, 2.24) is 5.32 Å². The van der Waals surface area contributed by atoms with E-state index in [9.17, 15) is 18.4 Å². The van der Waals surface area contributed by atoms with Gasteiger partial charge < -0.3 is 48.3 Å².